The van der Waals surface area contributed by atoms with Gasteiger partial charge in [-0.25, -0.2) is 4.68 Å². The normalized spacial score (nSPS) is 12.1. The number of benzene rings is 1. The van der Waals surface area contributed by atoms with Gasteiger partial charge in [-0.15, -0.1) is 10.2 Å². The van der Waals surface area contributed by atoms with Crippen molar-refractivity contribution in [2.24, 2.45) is 0 Å². The highest BCUT2D eigenvalue weighted by Gasteiger charge is 2.19. The predicted molar refractivity (Wildman–Crippen MR) is 89.0 cm³/mol. The number of nitrogens with zero attached hydrogens (tertiary/aromatic N) is 3. The molecule has 1 amide bonds. The molecule has 1 unspecified atom stereocenters. The van der Waals surface area contributed by atoms with Crippen molar-refractivity contribution in [1.82, 2.24) is 20.2 Å². The quantitative estimate of drug-likeness (QED) is 0.628. The molecule has 2 rings (SSSR count). The van der Waals surface area contributed by atoms with Crippen LogP contribution in [0.1, 0.15) is 25.8 Å². The van der Waals surface area contributed by atoms with E-state index in [-0.39, 0.29) is 11.2 Å². The Morgan fingerprint density at radius 1 is 1.36 bits per heavy atom. The summed E-state index contributed by atoms with van der Waals surface area (Å²) >= 11 is 1.30. The number of amides is 1. The molecule has 0 saturated carbocycles. The molecule has 0 aliphatic rings. The van der Waals surface area contributed by atoms with Gasteiger partial charge >= 0.3 is 0 Å². The van der Waals surface area contributed by atoms with Gasteiger partial charge < -0.3 is 11.2 Å². The van der Waals surface area contributed by atoms with Crippen molar-refractivity contribution in [3.63, 3.8) is 0 Å². The summed E-state index contributed by atoms with van der Waals surface area (Å²) in [5.74, 6) is 6.63. The minimum absolute atomic E-state index is 0.0215. The molecule has 3 N–H and O–H groups in total. The first kappa shape index (κ1) is 16.4. The van der Waals surface area contributed by atoms with Gasteiger partial charge in [-0.2, -0.15) is 0 Å². The molecular weight excluding hydrogens is 298 g/mol. The van der Waals surface area contributed by atoms with Crippen molar-refractivity contribution in [3.8, 4) is 11.4 Å². The second-order valence-corrected chi connectivity index (χ2v) is 6.40. The molecule has 1 heterocycles. The van der Waals surface area contributed by atoms with Gasteiger partial charge in [-0.3, -0.25) is 4.79 Å². The van der Waals surface area contributed by atoms with Crippen LogP contribution < -0.4 is 11.2 Å². The second-order valence-electron chi connectivity index (χ2n) is 5.09. The average Bonchev–Trinajstić information content (AvgIpc) is 2.86. The second kappa shape index (κ2) is 7.31. The number of nitrogens with one attached hydrogen (secondary N) is 1. The summed E-state index contributed by atoms with van der Waals surface area (Å²) in [5, 5.41) is 11.3. The van der Waals surface area contributed by atoms with E-state index in [1.54, 1.807) is 0 Å². The van der Waals surface area contributed by atoms with Crippen molar-refractivity contribution < 1.29 is 4.79 Å². The summed E-state index contributed by atoms with van der Waals surface area (Å²) in [7, 11) is 0. The van der Waals surface area contributed by atoms with Gasteiger partial charge in [0.25, 0.3) is 0 Å². The van der Waals surface area contributed by atoms with E-state index in [4.69, 9.17) is 5.84 Å². The maximum Gasteiger partial charge on any atom is 0.233 e. The molecule has 1 aromatic carbocycles. The standard InChI is InChI=1S/C15H21N5OS/c1-4-9-17-14(21)11(3)22-15-19-18-13(20(15)16)12-7-5-10(2)6-8-12/h5-8,11H,4,9,16H2,1-3H3,(H,17,21). The summed E-state index contributed by atoms with van der Waals surface area (Å²) in [5.41, 5.74) is 2.07. The number of nitrogens with two attached hydrogens (primary N) is 1. The predicted octanol–water partition coefficient (Wildman–Crippen LogP) is 1.97. The largest absolute Gasteiger partial charge is 0.355 e. The maximum atomic E-state index is 11.9. The van der Waals surface area contributed by atoms with Gasteiger partial charge in [-0.05, 0) is 20.3 Å². The topological polar surface area (TPSA) is 85.8 Å². The summed E-state index contributed by atoms with van der Waals surface area (Å²) in [4.78, 5) is 11.9. The van der Waals surface area contributed by atoms with Crippen LogP contribution in [0, 0.1) is 6.92 Å². The van der Waals surface area contributed by atoms with Crippen LogP contribution in [0.15, 0.2) is 29.4 Å². The van der Waals surface area contributed by atoms with Crippen LogP contribution in [0.3, 0.4) is 0 Å². The van der Waals surface area contributed by atoms with Crippen molar-refractivity contribution >= 4 is 17.7 Å². The number of thioether (sulfide) groups is 1. The minimum atomic E-state index is -0.274. The molecule has 2 aromatic rings. The van der Waals surface area contributed by atoms with Crippen LogP contribution >= 0.6 is 11.8 Å². The lowest BCUT2D eigenvalue weighted by Crippen LogP contribution is -2.31. The van der Waals surface area contributed by atoms with Gasteiger partial charge in [0.05, 0.1) is 5.25 Å². The summed E-state index contributed by atoms with van der Waals surface area (Å²) in [6, 6.07) is 7.90. The molecule has 118 valence electrons. The molecule has 0 aliphatic heterocycles. The number of hydrogen-bond acceptors (Lipinski definition) is 5. The molecule has 7 heteroatoms. The Morgan fingerprint density at radius 2 is 2.05 bits per heavy atom. The Morgan fingerprint density at radius 3 is 2.68 bits per heavy atom. The van der Waals surface area contributed by atoms with Gasteiger partial charge in [0, 0.05) is 12.1 Å². The number of rotatable bonds is 6. The number of nitrogen functional groups attached to an aromatic ring is 1. The third-order valence-corrected chi connectivity index (χ3v) is 4.23. The molecule has 0 spiro atoms. The number of carbonyl (C=O) groups is 1. The van der Waals surface area contributed by atoms with Crippen molar-refractivity contribution in [2.75, 3.05) is 12.4 Å². The van der Waals surface area contributed by atoms with Gasteiger partial charge in [-0.1, -0.05) is 48.5 Å². The highest BCUT2D eigenvalue weighted by molar-refractivity contribution is 8.00. The van der Waals surface area contributed by atoms with Gasteiger partial charge in [0.1, 0.15) is 0 Å². The fraction of sp³-hybridized carbons (Fsp3) is 0.400. The van der Waals surface area contributed by atoms with E-state index in [1.807, 2.05) is 45.0 Å². The third-order valence-electron chi connectivity index (χ3n) is 3.17. The highest BCUT2D eigenvalue weighted by atomic mass is 32.2. The fourth-order valence-electron chi connectivity index (χ4n) is 1.86. The minimum Gasteiger partial charge on any atom is -0.355 e. The first-order valence-electron chi connectivity index (χ1n) is 7.24. The van der Waals surface area contributed by atoms with Crippen LogP contribution in [-0.4, -0.2) is 32.6 Å². The molecular formula is C15H21N5OS. The third kappa shape index (κ3) is 3.79. The Labute approximate surface area is 134 Å². The summed E-state index contributed by atoms with van der Waals surface area (Å²) in [6.45, 7) is 6.54. The van der Waals surface area contributed by atoms with Crippen molar-refractivity contribution in [3.05, 3.63) is 29.8 Å². The molecule has 1 aromatic heterocycles. The van der Waals surface area contributed by atoms with E-state index in [0.717, 1.165) is 12.0 Å². The zero-order valence-corrected chi connectivity index (χ0v) is 13.9. The fourth-order valence-corrected chi connectivity index (χ4v) is 2.66. The van der Waals surface area contributed by atoms with E-state index in [1.165, 1.54) is 22.0 Å². The first-order valence-corrected chi connectivity index (χ1v) is 8.12. The van der Waals surface area contributed by atoms with Crippen molar-refractivity contribution in [1.29, 1.82) is 0 Å². The number of aryl methyl sites for hydroxylation is 1. The smallest absolute Gasteiger partial charge is 0.233 e. The zero-order chi connectivity index (χ0) is 16.1. The maximum absolute atomic E-state index is 11.9. The van der Waals surface area contributed by atoms with Crippen LogP contribution in [0.25, 0.3) is 11.4 Å². The highest BCUT2D eigenvalue weighted by Crippen LogP contribution is 2.24. The SMILES string of the molecule is CCCNC(=O)C(C)Sc1nnc(-c2ccc(C)cc2)n1N. The average molecular weight is 319 g/mol. The Bertz CT molecular complexity index is 638. The van der Waals surface area contributed by atoms with E-state index < -0.39 is 0 Å². The van der Waals surface area contributed by atoms with Crippen LogP contribution in [0.4, 0.5) is 0 Å². The zero-order valence-electron chi connectivity index (χ0n) is 13.0. The molecule has 6 nitrogen and oxygen atoms in total. The Balaban J connectivity index is 2.11. The van der Waals surface area contributed by atoms with Crippen molar-refractivity contribution in [2.45, 2.75) is 37.6 Å². The van der Waals surface area contributed by atoms with E-state index in [9.17, 15) is 4.79 Å². The van der Waals surface area contributed by atoms with Gasteiger partial charge in [0.15, 0.2) is 5.82 Å². The number of carbonyl (C=O) groups excluding carboxylic acids is 1. The molecule has 0 aliphatic carbocycles. The van der Waals surface area contributed by atoms with Crippen LogP contribution in [-0.2, 0) is 4.79 Å². The van der Waals surface area contributed by atoms with Crippen LogP contribution in [0.2, 0.25) is 0 Å². The Kier molecular flexibility index (Phi) is 5.43. The Hall–Kier alpha value is -2.02. The summed E-state index contributed by atoms with van der Waals surface area (Å²) < 4.78 is 1.43. The lowest BCUT2D eigenvalue weighted by atomic mass is 10.1. The molecule has 0 bridgehead atoms. The molecule has 0 saturated heterocycles. The van der Waals surface area contributed by atoms with E-state index in [0.29, 0.717) is 17.5 Å². The van der Waals surface area contributed by atoms with E-state index in [2.05, 4.69) is 15.5 Å². The first-order chi connectivity index (χ1) is 10.5. The summed E-state index contributed by atoms with van der Waals surface area (Å²) in [6.07, 6.45) is 0.910. The van der Waals surface area contributed by atoms with Crippen LogP contribution in [0.5, 0.6) is 0 Å². The monoisotopic (exact) mass is 319 g/mol. The molecule has 0 radical (unpaired) electrons. The number of hydrogen-bond donors (Lipinski definition) is 2. The molecule has 0 fully saturated rings. The lowest BCUT2D eigenvalue weighted by Gasteiger charge is -2.10. The van der Waals surface area contributed by atoms with Gasteiger partial charge in [0.2, 0.25) is 11.1 Å². The molecule has 22 heavy (non-hydrogen) atoms. The van der Waals surface area contributed by atoms with E-state index >= 15 is 0 Å². The lowest BCUT2D eigenvalue weighted by molar-refractivity contribution is -0.120. The number of aromatic nitrogens is 3. The molecule has 1 atom stereocenters.